The van der Waals surface area contributed by atoms with Crippen molar-refractivity contribution in [3.05, 3.63) is 29.3 Å². The molecule has 0 spiro atoms. The maximum Gasteiger partial charge on any atom is 0.306 e. The van der Waals surface area contributed by atoms with Gasteiger partial charge in [-0.15, -0.1) is 0 Å². The maximum atomic E-state index is 13.5. The van der Waals surface area contributed by atoms with Crippen LogP contribution in [0.15, 0.2) is 18.2 Å². The SMILES string of the molecule is CCC(=O)O[C@H]1c2c(c(O)c3c(O)cccc3c2N)C(O)[C@]2(O)C(=O)C(C(N)=O)C(=O)[C@@H](N(C)C)[C@H]12. The summed E-state index contributed by atoms with van der Waals surface area (Å²) in [7, 11) is 2.88. The number of nitrogen functional groups attached to an aromatic ring is 1. The number of hydrogen-bond acceptors (Lipinski definition) is 11. The number of anilines is 1. The lowest BCUT2D eigenvalue weighted by molar-refractivity contribution is -0.209. The van der Waals surface area contributed by atoms with Crippen LogP contribution in [0.3, 0.4) is 0 Å². The summed E-state index contributed by atoms with van der Waals surface area (Å²) >= 11 is 0. The van der Waals surface area contributed by atoms with Crippen LogP contribution in [0, 0.1) is 11.8 Å². The molecule has 2 aromatic rings. The van der Waals surface area contributed by atoms with Crippen molar-refractivity contribution >= 4 is 39.9 Å². The molecule has 36 heavy (non-hydrogen) atoms. The van der Waals surface area contributed by atoms with Crippen LogP contribution in [-0.2, 0) is 23.9 Å². The van der Waals surface area contributed by atoms with Gasteiger partial charge in [0.15, 0.2) is 23.1 Å². The predicted octanol–water partition coefficient (Wildman–Crippen LogP) is -0.595. The van der Waals surface area contributed by atoms with E-state index in [2.05, 4.69) is 0 Å². The van der Waals surface area contributed by atoms with Gasteiger partial charge >= 0.3 is 5.97 Å². The minimum absolute atomic E-state index is 0.113. The summed E-state index contributed by atoms with van der Waals surface area (Å²) in [6.07, 6.45) is -3.96. The third kappa shape index (κ3) is 3.18. The van der Waals surface area contributed by atoms with Crippen molar-refractivity contribution in [3.63, 3.8) is 0 Å². The van der Waals surface area contributed by atoms with Gasteiger partial charge in [-0.2, -0.15) is 0 Å². The minimum atomic E-state index is -2.91. The highest BCUT2D eigenvalue weighted by Gasteiger charge is 2.69. The van der Waals surface area contributed by atoms with Gasteiger partial charge in [-0.1, -0.05) is 19.1 Å². The van der Waals surface area contributed by atoms with Crippen molar-refractivity contribution in [2.24, 2.45) is 17.6 Å². The minimum Gasteiger partial charge on any atom is -0.507 e. The second-order valence-corrected chi connectivity index (χ2v) is 9.32. The van der Waals surface area contributed by atoms with Crippen molar-refractivity contribution in [2.45, 2.75) is 37.2 Å². The monoisotopic (exact) mass is 501 g/mol. The van der Waals surface area contributed by atoms with Crippen LogP contribution >= 0.6 is 0 Å². The summed E-state index contributed by atoms with van der Waals surface area (Å²) < 4.78 is 5.63. The van der Waals surface area contributed by atoms with E-state index in [4.69, 9.17) is 16.2 Å². The van der Waals surface area contributed by atoms with Crippen molar-refractivity contribution in [3.8, 4) is 11.5 Å². The fourth-order valence-electron chi connectivity index (χ4n) is 5.58. The van der Waals surface area contributed by atoms with Gasteiger partial charge in [-0.05, 0) is 20.2 Å². The second-order valence-electron chi connectivity index (χ2n) is 9.32. The van der Waals surface area contributed by atoms with Crippen LogP contribution < -0.4 is 11.5 Å². The number of primary amides is 1. The highest BCUT2D eigenvalue weighted by atomic mass is 16.5. The molecule has 192 valence electrons. The van der Waals surface area contributed by atoms with Crippen LogP contribution in [0.25, 0.3) is 10.8 Å². The highest BCUT2D eigenvalue weighted by molar-refractivity contribution is 6.24. The molecule has 12 heteroatoms. The average molecular weight is 501 g/mol. The van der Waals surface area contributed by atoms with Crippen LogP contribution in [-0.4, -0.2) is 74.5 Å². The van der Waals surface area contributed by atoms with Crippen molar-refractivity contribution in [1.82, 2.24) is 4.90 Å². The predicted molar refractivity (Wildman–Crippen MR) is 124 cm³/mol. The number of ketones is 2. The Morgan fingerprint density at radius 3 is 2.36 bits per heavy atom. The number of Topliss-reactive ketones (excluding diaryl/α,β-unsaturated/α-hetero) is 2. The van der Waals surface area contributed by atoms with Crippen LogP contribution in [0.4, 0.5) is 5.69 Å². The van der Waals surface area contributed by atoms with Crippen molar-refractivity contribution in [2.75, 3.05) is 19.8 Å². The summed E-state index contributed by atoms with van der Waals surface area (Å²) in [6.45, 7) is 1.50. The molecule has 2 aromatic carbocycles. The number of nitrogens with two attached hydrogens (primary N) is 2. The molecule has 2 aliphatic rings. The Morgan fingerprint density at radius 1 is 1.17 bits per heavy atom. The lowest BCUT2D eigenvalue weighted by Crippen LogP contribution is -2.71. The average Bonchev–Trinajstić information content (AvgIpc) is 2.80. The number of phenols is 2. The summed E-state index contributed by atoms with van der Waals surface area (Å²) in [6, 6.07) is 2.75. The first kappa shape index (κ1) is 25.4. The van der Waals surface area contributed by atoms with E-state index < -0.39 is 76.2 Å². The molecule has 1 amide bonds. The molecule has 0 radical (unpaired) electrons. The van der Waals surface area contributed by atoms with Crippen molar-refractivity contribution < 1.29 is 44.3 Å². The molecular weight excluding hydrogens is 474 g/mol. The fourth-order valence-corrected chi connectivity index (χ4v) is 5.58. The quantitative estimate of drug-likeness (QED) is 0.135. The Hall–Kier alpha value is -3.74. The van der Waals surface area contributed by atoms with Gasteiger partial charge in [0, 0.05) is 28.6 Å². The Bertz CT molecular complexity index is 1320. The number of nitrogens with zero attached hydrogens (tertiary/aromatic N) is 1. The number of amides is 1. The van der Waals surface area contributed by atoms with Crippen LogP contribution in [0.5, 0.6) is 11.5 Å². The van der Waals surface area contributed by atoms with Crippen LogP contribution in [0.1, 0.15) is 36.7 Å². The van der Waals surface area contributed by atoms with Crippen LogP contribution in [0.2, 0.25) is 0 Å². The van der Waals surface area contributed by atoms with Gasteiger partial charge in [0.1, 0.15) is 23.7 Å². The van der Waals surface area contributed by atoms with E-state index in [0.29, 0.717) is 0 Å². The lowest BCUT2D eigenvalue weighted by Gasteiger charge is -2.54. The standard InChI is InChI=1S/C24H27N3O9/c1-4-10(29)36-20-12-13(18(30)11-8(16(12)25)6-5-7-9(11)28)21(32)24(35)15(20)17(27(2)3)19(31)14(22(24)33)23(26)34/h5-7,14-15,17,20-21,28,30,32,35H,4,25H2,1-3H3,(H2,26,34)/t14?,15-,17+,20+,21?,24+/m1/s1. The van der Waals surface area contributed by atoms with Gasteiger partial charge in [0.05, 0.1) is 17.3 Å². The third-order valence-corrected chi connectivity index (χ3v) is 7.18. The molecule has 2 aliphatic carbocycles. The number of carbonyl (C=O) groups is 4. The first-order valence-electron chi connectivity index (χ1n) is 11.2. The molecule has 4 rings (SSSR count). The van der Waals surface area contributed by atoms with E-state index in [-0.39, 0.29) is 28.4 Å². The molecule has 0 saturated heterocycles. The number of fused-ring (bicyclic) bond motifs is 3. The smallest absolute Gasteiger partial charge is 0.306 e. The van der Waals surface area contributed by atoms with E-state index in [9.17, 15) is 39.6 Å². The number of ether oxygens (including phenoxy) is 1. The number of rotatable bonds is 4. The Balaban J connectivity index is 2.16. The van der Waals surface area contributed by atoms with E-state index in [1.807, 2.05) is 0 Å². The molecule has 1 fully saturated rings. The Labute approximate surface area is 205 Å². The third-order valence-electron chi connectivity index (χ3n) is 7.18. The van der Waals surface area contributed by atoms with Gasteiger partial charge in [-0.25, -0.2) is 0 Å². The zero-order valence-electron chi connectivity index (χ0n) is 19.8. The molecule has 0 heterocycles. The number of hydrogen-bond donors (Lipinski definition) is 6. The molecule has 0 bridgehead atoms. The van der Waals surface area contributed by atoms with Gasteiger partial charge in [-0.3, -0.25) is 24.1 Å². The molecule has 12 nitrogen and oxygen atoms in total. The number of phenolic OH excluding ortho intramolecular Hbond substituents is 2. The van der Waals surface area contributed by atoms with E-state index in [0.717, 1.165) is 0 Å². The van der Waals surface area contributed by atoms with E-state index in [1.165, 1.54) is 44.1 Å². The first-order valence-corrected chi connectivity index (χ1v) is 11.2. The summed E-state index contributed by atoms with van der Waals surface area (Å²) in [5.41, 5.74) is 8.13. The largest absolute Gasteiger partial charge is 0.507 e. The van der Waals surface area contributed by atoms with Crippen molar-refractivity contribution in [1.29, 1.82) is 0 Å². The summed E-state index contributed by atoms with van der Waals surface area (Å²) in [5, 5.41) is 44.8. The Morgan fingerprint density at radius 2 is 1.81 bits per heavy atom. The van der Waals surface area contributed by atoms with E-state index >= 15 is 0 Å². The molecule has 6 atom stereocenters. The molecule has 0 aromatic heterocycles. The number of esters is 1. The zero-order valence-corrected chi connectivity index (χ0v) is 19.8. The number of aliphatic hydroxyl groups is 2. The number of aliphatic hydroxyl groups excluding tert-OH is 1. The molecule has 1 saturated carbocycles. The first-order chi connectivity index (χ1) is 16.8. The summed E-state index contributed by atoms with van der Waals surface area (Å²) in [4.78, 5) is 52.8. The molecule has 0 aliphatic heterocycles. The number of benzene rings is 2. The fraction of sp³-hybridized carbons (Fsp3) is 0.417. The number of likely N-dealkylation sites (N-methyl/N-ethyl adjacent to an activating group) is 1. The maximum absolute atomic E-state index is 13.5. The van der Waals surface area contributed by atoms with Gasteiger partial charge in [0.2, 0.25) is 5.91 Å². The second kappa shape index (κ2) is 8.43. The lowest BCUT2D eigenvalue weighted by atomic mass is 9.56. The molecular formula is C24H27N3O9. The summed E-state index contributed by atoms with van der Waals surface area (Å²) in [5.74, 6) is -9.31. The van der Waals surface area contributed by atoms with Gasteiger partial charge < -0.3 is 36.6 Å². The highest BCUT2D eigenvalue weighted by Crippen LogP contribution is 2.59. The molecule has 8 N–H and O–H groups in total. The van der Waals surface area contributed by atoms with Gasteiger partial charge in [0.25, 0.3) is 0 Å². The van der Waals surface area contributed by atoms with E-state index in [1.54, 1.807) is 0 Å². The topological polar surface area (TPSA) is 214 Å². The zero-order chi connectivity index (χ0) is 26.9. The number of aromatic hydroxyl groups is 2. The normalized spacial score (nSPS) is 29.7. The molecule has 2 unspecified atom stereocenters. The Kier molecular flexibility index (Phi) is 5.94. The number of carbonyl (C=O) groups excluding carboxylic acids is 4.